The lowest BCUT2D eigenvalue weighted by Gasteiger charge is -2.24. The van der Waals surface area contributed by atoms with Crippen LogP contribution in [-0.2, 0) is 4.79 Å². The summed E-state index contributed by atoms with van der Waals surface area (Å²) in [6.45, 7) is 2.03. The van der Waals surface area contributed by atoms with Gasteiger partial charge in [0.1, 0.15) is 0 Å². The van der Waals surface area contributed by atoms with Gasteiger partial charge in [0, 0.05) is 17.6 Å². The van der Waals surface area contributed by atoms with Crippen molar-refractivity contribution in [3.05, 3.63) is 76.3 Å². The van der Waals surface area contributed by atoms with E-state index in [1.807, 2.05) is 74.6 Å². The highest BCUT2D eigenvalue weighted by Crippen LogP contribution is 2.19. The Hall–Kier alpha value is -1.87. The van der Waals surface area contributed by atoms with Gasteiger partial charge in [-0.05, 0) is 36.3 Å². The maximum absolute atomic E-state index is 12.2. The minimum Gasteiger partial charge on any atom is -0.335 e. The first-order valence-electron chi connectivity index (χ1n) is 6.83. The van der Waals surface area contributed by atoms with Crippen LogP contribution >= 0.6 is 15.9 Å². The molecule has 0 spiro atoms. The van der Waals surface area contributed by atoms with Gasteiger partial charge in [0.15, 0.2) is 0 Å². The zero-order valence-corrected chi connectivity index (χ0v) is 13.7. The van der Waals surface area contributed by atoms with Crippen LogP contribution in [0.1, 0.15) is 24.1 Å². The predicted molar refractivity (Wildman–Crippen MR) is 90.8 cm³/mol. The Balaban J connectivity index is 2.06. The quantitative estimate of drug-likeness (QED) is 0.738. The average Bonchev–Trinajstić information content (AvgIpc) is 2.52. The lowest BCUT2D eigenvalue weighted by atomic mass is 10.1. The molecule has 0 N–H and O–H groups in total. The summed E-state index contributed by atoms with van der Waals surface area (Å²) in [7, 11) is 1.82. The molecule has 0 saturated carbocycles. The molecule has 2 aromatic carbocycles. The molecule has 2 rings (SSSR count). The van der Waals surface area contributed by atoms with E-state index in [-0.39, 0.29) is 11.9 Å². The summed E-state index contributed by atoms with van der Waals surface area (Å²) in [5, 5.41) is 0. The van der Waals surface area contributed by atoms with Crippen LogP contribution in [0.4, 0.5) is 0 Å². The number of benzene rings is 2. The van der Waals surface area contributed by atoms with Gasteiger partial charge in [-0.2, -0.15) is 0 Å². The zero-order chi connectivity index (χ0) is 15.2. The summed E-state index contributed by atoms with van der Waals surface area (Å²) in [5.74, 6) is -0.00803. The Morgan fingerprint density at radius 2 is 1.86 bits per heavy atom. The zero-order valence-electron chi connectivity index (χ0n) is 12.2. The second-order valence-electron chi connectivity index (χ2n) is 4.92. The van der Waals surface area contributed by atoms with Gasteiger partial charge < -0.3 is 4.90 Å². The Bertz CT molecular complexity index is 637. The molecule has 0 bridgehead atoms. The van der Waals surface area contributed by atoms with Crippen molar-refractivity contribution >= 4 is 27.9 Å². The third kappa shape index (κ3) is 4.30. The highest BCUT2D eigenvalue weighted by atomic mass is 79.9. The standard InChI is InChI=1S/C18H18BrNO/c1-14(16-8-4-3-5-9-16)20(2)18(21)12-11-15-7-6-10-17(19)13-15/h3-14H,1-2H3/b12-11+/t14-/m0/s1. The second-order valence-corrected chi connectivity index (χ2v) is 5.84. The van der Waals surface area contributed by atoms with Crippen LogP contribution in [0, 0.1) is 0 Å². The van der Waals surface area contributed by atoms with Crippen LogP contribution in [0.2, 0.25) is 0 Å². The molecule has 1 atom stereocenters. The summed E-state index contributed by atoms with van der Waals surface area (Å²) in [6.07, 6.45) is 3.45. The molecule has 0 unspecified atom stereocenters. The predicted octanol–water partition coefficient (Wildman–Crippen LogP) is 4.68. The molecule has 0 aliphatic heterocycles. The molecule has 2 aromatic rings. The molecule has 0 heterocycles. The second kappa shape index (κ2) is 7.23. The monoisotopic (exact) mass is 343 g/mol. The first-order chi connectivity index (χ1) is 10.1. The van der Waals surface area contributed by atoms with Crippen molar-refractivity contribution < 1.29 is 4.79 Å². The van der Waals surface area contributed by atoms with Crippen molar-refractivity contribution in [1.29, 1.82) is 0 Å². The minimum atomic E-state index is -0.00803. The number of carbonyl (C=O) groups excluding carboxylic acids is 1. The van der Waals surface area contributed by atoms with E-state index in [0.717, 1.165) is 15.6 Å². The van der Waals surface area contributed by atoms with E-state index >= 15 is 0 Å². The van der Waals surface area contributed by atoms with Crippen LogP contribution in [-0.4, -0.2) is 17.9 Å². The number of hydrogen-bond acceptors (Lipinski definition) is 1. The number of halogens is 1. The van der Waals surface area contributed by atoms with Crippen LogP contribution in [0.3, 0.4) is 0 Å². The van der Waals surface area contributed by atoms with Crippen molar-refractivity contribution in [3.63, 3.8) is 0 Å². The number of rotatable bonds is 4. The lowest BCUT2D eigenvalue weighted by molar-refractivity contribution is -0.126. The Morgan fingerprint density at radius 1 is 1.14 bits per heavy atom. The van der Waals surface area contributed by atoms with Crippen LogP contribution in [0.5, 0.6) is 0 Å². The van der Waals surface area contributed by atoms with Gasteiger partial charge in [-0.3, -0.25) is 4.79 Å². The van der Waals surface area contributed by atoms with E-state index in [1.54, 1.807) is 11.0 Å². The Labute approximate surface area is 134 Å². The third-order valence-electron chi connectivity index (χ3n) is 3.48. The molecule has 0 fully saturated rings. The first kappa shape index (κ1) is 15.5. The molecule has 0 radical (unpaired) electrons. The summed E-state index contributed by atoms with van der Waals surface area (Å²) >= 11 is 3.42. The van der Waals surface area contributed by atoms with E-state index in [2.05, 4.69) is 15.9 Å². The molecule has 21 heavy (non-hydrogen) atoms. The summed E-state index contributed by atoms with van der Waals surface area (Å²) in [5.41, 5.74) is 2.13. The van der Waals surface area contributed by atoms with Crippen LogP contribution < -0.4 is 0 Å². The van der Waals surface area contributed by atoms with Gasteiger partial charge >= 0.3 is 0 Å². The van der Waals surface area contributed by atoms with Crippen molar-refractivity contribution in [1.82, 2.24) is 4.90 Å². The van der Waals surface area contributed by atoms with Gasteiger partial charge in [0.25, 0.3) is 0 Å². The fraction of sp³-hybridized carbons (Fsp3) is 0.167. The molecule has 0 aliphatic carbocycles. The van der Waals surface area contributed by atoms with Gasteiger partial charge in [0.2, 0.25) is 5.91 Å². The maximum Gasteiger partial charge on any atom is 0.246 e. The number of hydrogen-bond donors (Lipinski definition) is 0. The molecule has 0 aliphatic rings. The smallest absolute Gasteiger partial charge is 0.246 e. The minimum absolute atomic E-state index is 0.00803. The van der Waals surface area contributed by atoms with Crippen LogP contribution in [0.25, 0.3) is 6.08 Å². The largest absolute Gasteiger partial charge is 0.335 e. The SMILES string of the molecule is C[C@@H](c1ccccc1)N(C)C(=O)/C=C/c1cccc(Br)c1. The first-order valence-corrected chi connectivity index (χ1v) is 7.62. The summed E-state index contributed by atoms with van der Waals surface area (Å²) < 4.78 is 1.00. The van der Waals surface area contributed by atoms with Gasteiger partial charge in [0.05, 0.1) is 6.04 Å². The average molecular weight is 344 g/mol. The van der Waals surface area contributed by atoms with E-state index < -0.39 is 0 Å². The van der Waals surface area contributed by atoms with Crippen molar-refractivity contribution in [2.75, 3.05) is 7.05 Å². The topological polar surface area (TPSA) is 20.3 Å². The van der Waals surface area contributed by atoms with E-state index in [0.29, 0.717) is 0 Å². The van der Waals surface area contributed by atoms with Crippen molar-refractivity contribution in [3.8, 4) is 0 Å². The molecular formula is C18H18BrNO. The molecular weight excluding hydrogens is 326 g/mol. The molecule has 0 saturated heterocycles. The number of nitrogens with zero attached hydrogens (tertiary/aromatic N) is 1. The number of likely N-dealkylation sites (N-methyl/N-ethyl adjacent to an activating group) is 1. The maximum atomic E-state index is 12.2. The molecule has 0 aromatic heterocycles. The number of amides is 1. The van der Waals surface area contributed by atoms with E-state index in [9.17, 15) is 4.79 Å². The van der Waals surface area contributed by atoms with Crippen molar-refractivity contribution in [2.45, 2.75) is 13.0 Å². The van der Waals surface area contributed by atoms with Gasteiger partial charge in [-0.25, -0.2) is 0 Å². The summed E-state index contributed by atoms with van der Waals surface area (Å²) in [4.78, 5) is 14.0. The highest BCUT2D eigenvalue weighted by molar-refractivity contribution is 9.10. The highest BCUT2D eigenvalue weighted by Gasteiger charge is 2.14. The Kier molecular flexibility index (Phi) is 5.34. The molecule has 2 nitrogen and oxygen atoms in total. The Morgan fingerprint density at radius 3 is 2.52 bits per heavy atom. The van der Waals surface area contributed by atoms with Crippen molar-refractivity contribution in [2.24, 2.45) is 0 Å². The summed E-state index contributed by atoms with van der Waals surface area (Å²) in [6, 6.07) is 17.9. The number of carbonyl (C=O) groups is 1. The van der Waals surface area contributed by atoms with Crippen LogP contribution in [0.15, 0.2) is 65.1 Å². The third-order valence-corrected chi connectivity index (χ3v) is 3.97. The molecule has 1 amide bonds. The molecule has 3 heteroatoms. The van der Waals surface area contributed by atoms with E-state index in [1.165, 1.54) is 0 Å². The normalized spacial score (nSPS) is 12.3. The van der Waals surface area contributed by atoms with Gasteiger partial charge in [-0.1, -0.05) is 58.4 Å². The lowest BCUT2D eigenvalue weighted by Crippen LogP contribution is -2.27. The van der Waals surface area contributed by atoms with Gasteiger partial charge in [-0.15, -0.1) is 0 Å². The molecule has 108 valence electrons. The fourth-order valence-corrected chi connectivity index (χ4v) is 2.46. The van der Waals surface area contributed by atoms with E-state index in [4.69, 9.17) is 0 Å². The fourth-order valence-electron chi connectivity index (χ4n) is 2.04.